The Labute approximate surface area is 201 Å². The summed E-state index contributed by atoms with van der Waals surface area (Å²) in [5.74, 6) is 0.174. The van der Waals surface area contributed by atoms with E-state index in [0.29, 0.717) is 18.4 Å². The Balaban J connectivity index is 1.36. The van der Waals surface area contributed by atoms with Crippen LogP contribution in [0.2, 0.25) is 0 Å². The molecule has 1 unspecified atom stereocenters. The monoisotopic (exact) mass is 480 g/mol. The first-order chi connectivity index (χ1) is 16.4. The molecule has 0 aliphatic heterocycles. The minimum absolute atomic E-state index is 0.150. The second-order valence-corrected chi connectivity index (χ2v) is 9.62. The summed E-state index contributed by atoms with van der Waals surface area (Å²) in [4.78, 5) is 23.3. The number of ether oxygens (including phenoxy) is 3. The fourth-order valence-electron chi connectivity index (χ4n) is 4.79. The Hall–Kier alpha value is -2.18. The number of hydrogen-bond donors (Lipinski definition) is 0. The quantitative estimate of drug-likeness (QED) is 0.371. The molecule has 2 fully saturated rings. The molecule has 0 heterocycles. The minimum atomic E-state index is -1.52. The molecule has 34 heavy (non-hydrogen) atoms. The summed E-state index contributed by atoms with van der Waals surface area (Å²) in [6, 6.07) is 8.18. The van der Waals surface area contributed by atoms with Crippen molar-refractivity contribution >= 4 is 11.9 Å². The van der Waals surface area contributed by atoms with Crippen LogP contribution in [0.4, 0.5) is 8.78 Å². The van der Waals surface area contributed by atoms with Gasteiger partial charge in [0.05, 0.1) is 6.61 Å². The Morgan fingerprint density at radius 3 is 1.74 bits per heavy atom. The first-order valence-corrected chi connectivity index (χ1v) is 12.8. The summed E-state index contributed by atoms with van der Waals surface area (Å²) in [5, 5.41) is 0. The molecule has 0 radical (unpaired) electrons. The lowest BCUT2D eigenvalue weighted by Gasteiger charge is -2.29. The van der Waals surface area contributed by atoms with Crippen LogP contribution in [0.1, 0.15) is 89.5 Å². The van der Waals surface area contributed by atoms with Crippen LogP contribution in [-0.4, -0.2) is 43.1 Å². The molecule has 0 saturated heterocycles. The zero-order valence-corrected chi connectivity index (χ0v) is 20.3. The maximum atomic E-state index is 13.4. The van der Waals surface area contributed by atoms with Gasteiger partial charge in [0.1, 0.15) is 18.0 Å². The average molecular weight is 481 g/mol. The predicted molar refractivity (Wildman–Crippen MR) is 125 cm³/mol. The van der Waals surface area contributed by atoms with Crippen LogP contribution >= 0.6 is 0 Å². The van der Waals surface area contributed by atoms with E-state index in [2.05, 4.69) is 12.1 Å². The number of hydrogen-bond acceptors (Lipinski definition) is 5. The number of carbonyl (C=O) groups is 2. The Bertz CT molecular complexity index is 768. The first-order valence-electron chi connectivity index (χ1n) is 12.8. The molecule has 7 heteroatoms. The second kappa shape index (κ2) is 13.1. The summed E-state index contributed by atoms with van der Waals surface area (Å²) in [6.45, 7) is 3.88. The van der Waals surface area contributed by atoms with E-state index in [1.807, 2.05) is 12.1 Å². The SMILES string of the molecule is CCC(F)C(=O)OC1CCC(COc2ccc(C3CCC(OC(=O)[C@@H](F)CC)CC3)cc2)CC1. The van der Waals surface area contributed by atoms with Gasteiger partial charge in [0.2, 0.25) is 0 Å². The first kappa shape index (κ1) is 26.4. The fourth-order valence-corrected chi connectivity index (χ4v) is 4.79. The molecule has 1 aromatic carbocycles. The van der Waals surface area contributed by atoms with E-state index in [1.165, 1.54) is 5.56 Å². The van der Waals surface area contributed by atoms with E-state index in [9.17, 15) is 18.4 Å². The molecule has 0 bridgehead atoms. The van der Waals surface area contributed by atoms with Crippen LogP contribution in [0, 0.1) is 5.92 Å². The summed E-state index contributed by atoms with van der Waals surface area (Å²) in [7, 11) is 0. The van der Waals surface area contributed by atoms with Crippen LogP contribution in [-0.2, 0) is 19.1 Å². The maximum Gasteiger partial charge on any atom is 0.340 e. The van der Waals surface area contributed by atoms with Crippen molar-refractivity contribution in [3.8, 4) is 5.75 Å². The van der Waals surface area contributed by atoms with E-state index >= 15 is 0 Å². The normalized spacial score (nSPS) is 26.8. The number of carbonyl (C=O) groups excluding carboxylic acids is 2. The topological polar surface area (TPSA) is 61.8 Å². The lowest BCUT2D eigenvalue weighted by atomic mass is 9.82. The minimum Gasteiger partial charge on any atom is -0.493 e. The molecule has 2 aliphatic carbocycles. The van der Waals surface area contributed by atoms with Gasteiger partial charge in [-0.05, 0) is 93.7 Å². The van der Waals surface area contributed by atoms with Gasteiger partial charge in [0, 0.05) is 0 Å². The maximum absolute atomic E-state index is 13.4. The van der Waals surface area contributed by atoms with Crippen LogP contribution in [0.3, 0.4) is 0 Å². The van der Waals surface area contributed by atoms with Crippen LogP contribution in [0.25, 0.3) is 0 Å². The van der Waals surface area contributed by atoms with Crippen LogP contribution in [0.15, 0.2) is 24.3 Å². The smallest absolute Gasteiger partial charge is 0.340 e. The lowest BCUT2D eigenvalue weighted by molar-refractivity contribution is -0.157. The van der Waals surface area contributed by atoms with Gasteiger partial charge in [-0.2, -0.15) is 0 Å². The van der Waals surface area contributed by atoms with E-state index in [1.54, 1.807) is 13.8 Å². The highest BCUT2D eigenvalue weighted by Crippen LogP contribution is 2.35. The Morgan fingerprint density at radius 1 is 0.794 bits per heavy atom. The van der Waals surface area contributed by atoms with Gasteiger partial charge in [0.25, 0.3) is 0 Å². The summed E-state index contributed by atoms with van der Waals surface area (Å²) in [6.07, 6.45) is 3.53. The van der Waals surface area contributed by atoms with Gasteiger partial charge in [-0.1, -0.05) is 26.0 Å². The van der Waals surface area contributed by atoms with Crippen LogP contribution in [0.5, 0.6) is 5.75 Å². The zero-order chi connectivity index (χ0) is 24.5. The van der Waals surface area contributed by atoms with E-state index in [-0.39, 0.29) is 25.0 Å². The highest BCUT2D eigenvalue weighted by molar-refractivity contribution is 5.75. The van der Waals surface area contributed by atoms with Crippen molar-refractivity contribution in [2.75, 3.05) is 6.61 Å². The number of alkyl halides is 2. The molecule has 0 spiro atoms. The summed E-state index contributed by atoms with van der Waals surface area (Å²) < 4.78 is 43.4. The van der Waals surface area contributed by atoms with Crippen molar-refractivity contribution in [2.45, 2.75) is 109 Å². The Morgan fingerprint density at radius 2 is 1.26 bits per heavy atom. The van der Waals surface area contributed by atoms with E-state index < -0.39 is 24.3 Å². The molecule has 0 aromatic heterocycles. The van der Waals surface area contributed by atoms with Crippen molar-refractivity contribution in [1.82, 2.24) is 0 Å². The van der Waals surface area contributed by atoms with Gasteiger partial charge in [-0.15, -0.1) is 0 Å². The molecule has 5 nitrogen and oxygen atoms in total. The standard InChI is InChI=1S/C27H38F2O5/c1-3-24(28)26(30)33-22-11-5-18(6-12-22)17-32-21-13-7-19(8-14-21)20-9-15-23(16-10-20)34-27(31)25(29)4-2/h7-8,13-14,18,20,22-25H,3-6,9-12,15-17H2,1-2H3/t18?,20?,22?,23?,24?,25-/m0/s1. The molecular formula is C27H38F2O5. The third-order valence-electron chi connectivity index (χ3n) is 7.10. The molecular weight excluding hydrogens is 442 g/mol. The molecule has 2 saturated carbocycles. The van der Waals surface area contributed by atoms with Gasteiger partial charge in [-0.3, -0.25) is 0 Å². The van der Waals surface area contributed by atoms with Gasteiger partial charge in [0.15, 0.2) is 12.3 Å². The van der Waals surface area contributed by atoms with Crippen molar-refractivity contribution in [2.24, 2.45) is 5.92 Å². The number of benzene rings is 1. The molecule has 2 atom stereocenters. The average Bonchev–Trinajstić information content (AvgIpc) is 2.88. The van der Waals surface area contributed by atoms with Crippen molar-refractivity contribution in [3.05, 3.63) is 29.8 Å². The third kappa shape index (κ3) is 7.67. The number of esters is 2. The van der Waals surface area contributed by atoms with E-state index in [4.69, 9.17) is 14.2 Å². The van der Waals surface area contributed by atoms with Gasteiger partial charge in [-0.25, -0.2) is 18.4 Å². The molecule has 0 amide bonds. The predicted octanol–water partition coefficient (Wildman–Crippen LogP) is 6.23. The molecule has 1 aromatic rings. The van der Waals surface area contributed by atoms with Gasteiger partial charge < -0.3 is 14.2 Å². The van der Waals surface area contributed by atoms with E-state index in [0.717, 1.165) is 57.1 Å². The van der Waals surface area contributed by atoms with Crippen molar-refractivity contribution < 1.29 is 32.6 Å². The summed E-state index contributed by atoms with van der Waals surface area (Å²) >= 11 is 0. The van der Waals surface area contributed by atoms with Gasteiger partial charge >= 0.3 is 11.9 Å². The molecule has 2 aliphatic rings. The third-order valence-corrected chi connectivity index (χ3v) is 7.10. The zero-order valence-electron chi connectivity index (χ0n) is 20.3. The highest BCUT2D eigenvalue weighted by atomic mass is 19.1. The molecule has 190 valence electrons. The van der Waals surface area contributed by atoms with Crippen LogP contribution < -0.4 is 4.74 Å². The lowest BCUT2D eigenvalue weighted by Crippen LogP contribution is -2.30. The van der Waals surface area contributed by atoms with Crippen molar-refractivity contribution in [3.63, 3.8) is 0 Å². The number of halogens is 2. The molecule has 3 rings (SSSR count). The second-order valence-electron chi connectivity index (χ2n) is 9.62. The number of rotatable bonds is 10. The fraction of sp³-hybridized carbons (Fsp3) is 0.704. The summed E-state index contributed by atoms with van der Waals surface area (Å²) in [5.41, 5.74) is 1.25. The molecule has 0 N–H and O–H groups in total. The highest BCUT2D eigenvalue weighted by Gasteiger charge is 2.28. The van der Waals surface area contributed by atoms with Crippen molar-refractivity contribution in [1.29, 1.82) is 0 Å². The largest absolute Gasteiger partial charge is 0.493 e. The Kier molecular flexibility index (Phi) is 10.1.